The number of hydrogen-bond acceptors (Lipinski definition) is 3. The van der Waals surface area contributed by atoms with Gasteiger partial charge in [0.25, 0.3) is 5.91 Å². The zero-order chi connectivity index (χ0) is 14.5. The summed E-state index contributed by atoms with van der Waals surface area (Å²) in [6, 6.07) is 15.3. The van der Waals surface area contributed by atoms with Crippen molar-refractivity contribution in [2.24, 2.45) is 0 Å². The van der Waals surface area contributed by atoms with Crippen LogP contribution in [-0.4, -0.2) is 19.1 Å². The molecule has 0 aromatic heterocycles. The lowest BCUT2D eigenvalue weighted by Gasteiger charge is -2.20. The molecule has 0 fully saturated rings. The number of ether oxygens (including phenoxy) is 1. The molecule has 0 spiro atoms. The van der Waals surface area contributed by atoms with E-state index in [2.05, 4.69) is 10.6 Å². The van der Waals surface area contributed by atoms with Gasteiger partial charge in [-0.25, -0.2) is 0 Å². The van der Waals surface area contributed by atoms with Gasteiger partial charge in [-0.3, -0.25) is 4.79 Å². The SMILES string of the molecule is O=C(COc1cccc2c1CCCN2)Nc1ccccc1. The smallest absolute Gasteiger partial charge is 0.262 e. The first-order chi connectivity index (χ1) is 10.3. The van der Waals surface area contributed by atoms with Gasteiger partial charge in [-0.15, -0.1) is 0 Å². The molecule has 1 amide bonds. The first-order valence-corrected chi connectivity index (χ1v) is 7.16. The normalized spacial score (nSPS) is 13.0. The Bertz CT molecular complexity index is 626. The summed E-state index contributed by atoms with van der Waals surface area (Å²) in [5, 5.41) is 6.16. The summed E-state index contributed by atoms with van der Waals surface area (Å²) >= 11 is 0. The molecular weight excluding hydrogens is 264 g/mol. The summed E-state index contributed by atoms with van der Waals surface area (Å²) < 4.78 is 5.69. The first-order valence-electron chi connectivity index (χ1n) is 7.16. The second kappa shape index (κ2) is 6.31. The first kappa shape index (κ1) is 13.5. The van der Waals surface area contributed by atoms with Crippen LogP contribution in [0.1, 0.15) is 12.0 Å². The number of amides is 1. The number of para-hydroxylation sites is 1. The monoisotopic (exact) mass is 282 g/mol. The minimum atomic E-state index is -0.150. The van der Waals surface area contributed by atoms with Gasteiger partial charge >= 0.3 is 0 Å². The predicted molar refractivity (Wildman–Crippen MR) is 83.8 cm³/mol. The summed E-state index contributed by atoms with van der Waals surface area (Å²) in [6.07, 6.45) is 2.07. The molecule has 4 nitrogen and oxygen atoms in total. The van der Waals surface area contributed by atoms with E-state index >= 15 is 0 Å². The molecule has 21 heavy (non-hydrogen) atoms. The van der Waals surface area contributed by atoms with Gasteiger partial charge in [-0.05, 0) is 37.1 Å². The molecule has 0 saturated carbocycles. The number of hydrogen-bond donors (Lipinski definition) is 2. The van der Waals surface area contributed by atoms with Gasteiger partial charge < -0.3 is 15.4 Å². The summed E-state index contributed by atoms with van der Waals surface area (Å²) in [5.74, 6) is 0.644. The highest BCUT2D eigenvalue weighted by Gasteiger charge is 2.14. The van der Waals surface area contributed by atoms with Crippen molar-refractivity contribution in [3.8, 4) is 5.75 Å². The molecule has 1 aliphatic heterocycles. The van der Waals surface area contributed by atoms with Crippen LogP contribution >= 0.6 is 0 Å². The molecule has 108 valence electrons. The van der Waals surface area contributed by atoms with Crippen molar-refractivity contribution in [2.45, 2.75) is 12.8 Å². The van der Waals surface area contributed by atoms with E-state index in [9.17, 15) is 4.79 Å². The molecule has 0 atom stereocenters. The second-order valence-electron chi connectivity index (χ2n) is 5.02. The van der Waals surface area contributed by atoms with Crippen molar-refractivity contribution in [1.82, 2.24) is 0 Å². The van der Waals surface area contributed by atoms with E-state index in [0.717, 1.165) is 42.1 Å². The standard InChI is InChI=1S/C17H18N2O2/c20-17(19-13-6-2-1-3-7-13)12-21-16-10-4-9-15-14(16)8-5-11-18-15/h1-4,6-7,9-10,18H,5,8,11-12H2,(H,19,20). The van der Waals surface area contributed by atoms with E-state index < -0.39 is 0 Å². The van der Waals surface area contributed by atoms with Gasteiger partial charge in [0.2, 0.25) is 0 Å². The van der Waals surface area contributed by atoms with Crippen molar-refractivity contribution in [2.75, 3.05) is 23.8 Å². The molecule has 4 heteroatoms. The number of nitrogens with one attached hydrogen (secondary N) is 2. The van der Waals surface area contributed by atoms with Crippen molar-refractivity contribution >= 4 is 17.3 Å². The maximum Gasteiger partial charge on any atom is 0.262 e. The average Bonchev–Trinajstić information content (AvgIpc) is 2.54. The summed E-state index contributed by atoms with van der Waals surface area (Å²) in [6.45, 7) is 1.01. The fraction of sp³-hybridized carbons (Fsp3) is 0.235. The number of anilines is 2. The maximum absolute atomic E-state index is 11.9. The van der Waals surface area contributed by atoms with Crippen molar-refractivity contribution in [3.05, 3.63) is 54.1 Å². The van der Waals surface area contributed by atoms with Crippen LogP contribution in [0.15, 0.2) is 48.5 Å². The Balaban J connectivity index is 1.61. The van der Waals surface area contributed by atoms with Gasteiger partial charge in [-0.1, -0.05) is 24.3 Å². The van der Waals surface area contributed by atoms with E-state index in [-0.39, 0.29) is 12.5 Å². The largest absolute Gasteiger partial charge is 0.483 e. The molecule has 0 radical (unpaired) electrons. The molecule has 2 aromatic carbocycles. The molecule has 3 rings (SSSR count). The van der Waals surface area contributed by atoms with E-state index in [4.69, 9.17) is 4.74 Å². The molecule has 0 bridgehead atoms. The number of benzene rings is 2. The summed E-state index contributed by atoms with van der Waals surface area (Å²) in [5.41, 5.74) is 3.06. The third-order valence-electron chi connectivity index (χ3n) is 3.47. The van der Waals surface area contributed by atoms with Gasteiger partial charge in [0.1, 0.15) is 5.75 Å². The van der Waals surface area contributed by atoms with Gasteiger partial charge in [0, 0.05) is 23.5 Å². The predicted octanol–water partition coefficient (Wildman–Crippen LogP) is 3.06. The lowest BCUT2D eigenvalue weighted by Crippen LogP contribution is -2.21. The van der Waals surface area contributed by atoms with Crippen LogP contribution in [0, 0.1) is 0 Å². The second-order valence-corrected chi connectivity index (χ2v) is 5.02. The van der Waals surface area contributed by atoms with E-state index in [1.54, 1.807) is 0 Å². The molecular formula is C17H18N2O2. The molecule has 2 aromatic rings. The third-order valence-corrected chi connectivity index (χ3v) is 3.47. The number of carbonyl (C=O) groups excluding carboxylic acids is 1. The highest BCUT2D eigenvalue weighted by atomic mass is 16.5. The van der Waals surface area contributed by atoms with Crippen LogP contribution in [-0.2, 0) is 11.2 Å². The average molecular weight is 282 g/mol. The lowest BCUT2D eigenvalue weighted by atomic mass is 10.0. The quantitative estimate of drug-likeness (QED) is 0.906. The number of fused-ring (bicyclic) bond motifs is 1. The Kier molecular flexibility index (Phi) is 4.05. The van der Waals surface area contributed by atoms with E-state index in [0.29, 0.717) is 0 Å². The summed E-state index contributed by atoms with van der Waals surface area (Å²) in [4.78, 5) is 11.9. The van der Waals surface area contributed by atoms with Crippen LogP contribution in [0.2, 0.25) is 0 Å². The third kappa shape index (κ3) is 3.34. The van der Waals surface area contributed by atoms with Crippen molar-refractivity contribution < 1.29 is 9.53 Å². The fourth-order valence-corrected chi connectivity index (χ4v) is 2.47. The zero-order valence-corrected chi connectivity index (χ0v) is 11.8. The lowest BCUT2D eigenvalue weighted by molar-refractivity contribution is -0.118. The Morgan fingerprint density at radius 2 is 2.00 bits per heavy atom. The molecule has 0 unspecified atom stereocenters. The Morgan fingerprint density at radius 3 is 2.86 bits per heavy atom. The number of carbonyl (C=O) groups is 1. The van der Waals surface area contributed by atoms with Gasteiger partial charge in [-0.2, -0.15) is 0 Å². The van der Waals surface area contributed by atoms with Gasteiger partial charge in [0.15, 0.2) is 6.61 Å². The highest BCUT2D eigenvalue weighted by molar-refractivity contribution is 5.91. The van der Waals surface area contributed by atoms with Crippen molar-refractivity contribution in [3.63, 3.8) is 0 Å². The van der Waals surface area contributed by atoms with Crippen LogP contribution < -0.4 is 15.4 Å². The van der Waals surface area contributed by atoms with Crippen LogP contribution in [0.4, 0.5) is 11.4 Å². The summed E-state index contributed by atoms with van der Waals surface area (Å²) in [7, 11) is 0. The van der Waals surface area contributed by atoms with Crippen LogP contribution in [0.25, 0.3) is 0 Å². The molecule has 0 aliphatic carbocycles. The Morgan fingerprint density at radius 1 is 1.14 bits per heavy atom. The fourth-order valence-electron chi connectivity index (χ4n) is 2.47. The molecule has 1 aliphatic rings. The number of rotatable bonds is 4. The van der Waals surface area contributed by atoms with Crippen LogP contribution in [0.3, 0.4) is 0 Å². The van der Waals surface area contributed by atoms with Crippen molar-refractivity contribution in [1.29, 1.82) is 0 Å². The minimum absolute atomic E-state index is 0.0192. The Labute approximate surface area is 124 Å². The minimum Gasteiger partial charge on any atom is -0.483 e. The molecule has 0 saturated heterocycles. The van der Waals surface area contributed by atoms with Gasteiger partial charge in [0.05, 0.1) is 0 Å². The topological polar surface area (TPSA) is 50.4 Å². The maximum atomic E-state index is 11.9. The zero-order valence-electron chi connectivity index (χ0n) is 11.8. The Hall–Kier alpha value is -2.49. The van der Waals surface area contributed by atoms with E-state index in [1.165, 1.54) is 0 Å². The molecule has 1 heterocycles. The van der Waals surface area contributed by atoms with Crippen LogP contribution in [0.5, 0.6) is 5.75 Å². The molecule has 2 N–H and O–H groups in total. The highest BCUT2D eigenvalue weighted by Crippen LogP contribution is 2.30. The van der Waals surface area contributed by atoms with E-state index in [1.807, 2.05) is 48.5 Å².